The van der Waals surface area contributed by atoms with Gasteiger partial charge in [-0.3, -0.25) is 0 Å². The molecule has 0 unspecified atom stereocenters. The standard InChI is InChI=1S/C36H42O10/c1-23-13-27(7-9-29(23)43-21-41-19-35(5)15-39-16-35)33(37)45-31-11-12-32(26(4)25(31)3)46-34(38)28-8-10-30(24(2)14-28)44-22-42-20-36(6)17-40-18-36/h7-14H,15-22H2,1-6H3. The van der Waals surface area contributed by atoms with E-state index in [1.54, 1.807) is 48.5 Å². The molecule has 10 heteroatoms. The zero-order valence-electron chi connectivity index (χ0n) is 27.4. The zero-order valence-corrected chi connectivity index (χ0v) is 27.4. The second-order valence-electron chi connectivity index (χ2n) is 12.9. The van der Waals surface area contributed by atoms with Crippen molar-refractivity contribution in [3.63, 3.8) is 0 Å². The average Bonchev–Trinajstić information content (AvgIpc) is 3.00. The van der Waals surface area contributed by atoms with E-state index in [-0.39, 0.29) is 24.4 Å². The maximum Gasteiger partial charge on any atom is 0.343 e. The molecule has 0 radical (unpaired) electrons. The van der Waals surface area contributed by atoms with Gasteiger partial charge in [-0.15, -0.1) is 0 Å². The molecule has 0 atom stereocenters. The van der Waals surface area contributed by atoms with Gasteiger partial charge in [0.15, 0.2) is 13.6 Å². The summed E-state index contributed by atoms with van der Waals surface area (Å²) in [7, 11) is 0. The zero-order chi connectivity index (χ0) is 32.9. The Kier molecular flexibility index (Phi) is 10.3. The van der Waals surface area contributed by atoms with Crippen molar-refractivity contribution in [2.75, 3.05) is 53.2 Å². The Labute approximate surface area is 269 Å². The molecule has 0 spiro atoms. The van der Waals surface area contributed by atoms with Crippen LogP contribution >= 0.6 is 0 Å². The molecule has 0 saturated carbocycles. The highest BCUT2D eigenvalue weighted by Crippen LogP contribution is 2.32. The van der Waals surface area contributed by atoms with Gasteiger partial charge in [0.1, 0.15) is 23.0 Å². The molecule has 0 aromatic heterocycles. The van der Waals surface area contributed by atoms with E-state index in [1.165, 1.54) is 0 Å². The summed E-state index contributed by atoms with van der Waals surface area (Å²) in [6, 6.07) is 13.4. The quantitative estimate of drug-likeness (QED) is 0.0889. The van der Waals surface area contributed by atoms with Crippen molar-refractivity contribution in [2.24, 2.45) is 10.8 Å². The van der Waals surface area contributed by atoms with E-state index in [0.717, 1.165) is 11.1 Å². The van der Waals surface area contributed by atoms with E-state index in [0.29, 0.717) is 84.9 Å². The first-order valence-corrected chi connectivity index (χ1v) is 15.3. The summed E-state index contributed by atoms with van der Waals surface area (Å²) in [4.78, 5) is 26.0. The molecule has 2 aliphatic heterocycles. The summed E-state index contributed by atoms with van der Waals surface area (Å²) in [5.41, 5.74) is 3.78. The largest absolute Gasteiger partial charge is 0.467 e. The molecule has 10 nitrogen and oxygen atoms in total. The van der Waals surface area contributed by atoms with Gasteiger partial charge in [-0.2, -0.15) is 0 Å². The smallest absolute Gasteiger partial charge is 0.343 e. The third-order valence-electron chi connectivity index (χ3n) is 8.21. The summed E-state index contributed by atoms with van der Waals surface area (Å²) >= 11 is 0. The molecule has 3 aromatic rings. The first kappa shape index (κ1) is 33.4. The van der Waals surface area contributed by atoms with Crippen LogP contribution in [0.15, 0.2) is 48.5 Å². The van der Waals surface area contributed by atoms with E-state index >= 15 is 0 Å². The molecule has 2 heterocycles. The third-order valence-corrected chi connectivity index (χ3v) is 8.21. The van der Waals surface area contributed by atoms with Crippen LogP contribution in [0.1, 0.15) is 56.8 Å². The van der Waals surface area contributed by atoms with E-state index in [2.05, 4.69) is 13.8 Å². The van der Waals surface area contributed by atoms with Crippen LogP contribution in [0.3, 0.4) is 0 Å². The number of hydrogen-bond acceptors (Lipinski definition) is 10. The highest BCUT2D eigenvalue weighted by atomic mass is 16.7. The lowest BCUT2D eigenvalue weighted by Gasteiger charge is -2.37. The fourth-order valence-electron chi connectivity index (χ4n) is 5.04. The number of hydrogen-bond donors (Lipinski definition) is 0. The van der Waals surface area contributed by atoms with Crippen LogP contribution in [-0.2, 0) is 18.9 Å². The van der Waals surface area contributed by atoms with Crippen LogP contribution in [0, 0.1) is 38.5 Å². The lowest BCUT2D eigenvalue weighted by atomic mass is 9.90. The summed E-state index contributed by atoms with van der Waals surface area (Å²) in [6.45, 7) is 15.6. The second-order valence-corrected chi connectivity index (χ2v) is 12.9. The molecule has 2 aliphatic rings. The monoisotopic (exact) mass is 634 g/mol. The lowest BCUT2D eigenvalue weighted by molar-refractivity contribution is -0.151. The summed E-state index contributed by atoms with van der Waals surface area (Å²) in [5.74, 6) is 0.985. The van der Waals surface area contributed by atoms with E-state index in [4.69, 9.17) is 37.9 Å². The van der Waals surface area contributed by atoms with Crippen LogP contribution in [0.2, 0.25) is 0 Å². The Bertz CT molecular complexity index is 1450. The van der Waals surface area contributed by atoms with Gasteiger partial charge in [0.2, 0.25) is 0 Å². The Morgan fingerprint density at radius 2 is 0.978 bits per heavy atom. The van der Waals surface area contributed by atoms with Crippen LogP contribution in [0.5, 0.6) is 23.0 Å². The lowest BCUT2D eigenvalue weighted by Crippen LogP contribution is -2.43. The molecule has 0 bridgehead atoms. The van der Waals surface area contributed by atoms with Gasteiger partial charge in [0.05, 0.1) is 50.8 Å². The van der Waals surface area contributed by atoms with Crippen LogP contribution in [-0.4, -0.2) is 65.2 Å². The fraction of sp³-hybridized carbons (Fsp3) is 0.444. The number of rotatable bonds is 14. The van der Waals surface area contributed by atoms with Crippen LogP contribution in [0.25, 0.3) is 0 Å². The minimum atomic E-state index is -0.509. The molecule has 2 saturated heterocycles. The van der Waals surface area contributed by atoms with Gasteiger partial charge in [0, 0.05) is 10.8 Å². The maximum atomic E-state index is 13.0. The Morgan fingerprint density at radius 3 is 1.30 bits per heavy atom. The van der Waals surface area contributed by atoms with E-state index in [1.807, 2.05) is 27.7 Å². The second kappa shape index (κ2) is 14.2. The normalized spacial score (nSPS) is 16.1. The third kappa shape index (κ3) is 8.06. The topological polar surface area (TPSA) is 108 Å². The number of carbonyl (C=O) groups excluding carboxylic acids is 2. The Hall–Kier alpha value is -3.96. The molecule has 0 N–H and O–H groups in total. The van der Waals surface area contributed by atoms with E-state index in [9.17, 15) is 9.59 Å². The summed E-state index contributed by atoms with van der Waals surface area (Å²) in [6.07, 6.45) is 0. The van der Waals surface area contributed by atoms with Crippen molar-refractivity contribution in [1.29, 1.82) is 0 Å². The Morgan fingerprint density at radius 1 is 0.609 bits per heavy atom. The molecule has 0 amide bonds. The van der Waals surface area contributed by atoms with Gasteiger partial charge in [-0.25, -0.2) is 9.59 Å². The molecular weight excluding hydrogens is 592 g/mol. The average molecular weight is 635 g/mol. The predicted molar refractivity (Wildman–Crippen MR) is 169 cm³/mol. The minimum Gasteiger partial charge on any atom is -0.467 e. The summed E-state index contributed by atoms with van der Waals surface area (Å²) in [5, 5.41) is 0. The molecule has 5 rings (SSSR count). The van der Waals surface area contributed by atoms with Gasteiger partial charge in [-0.1, -0.05) is 13.8 Å². The van der Waals surface area contributed by atoms with Crippen molar-refractivity contribution < 1.29 is 47.5 Å². The van der Waals surface area contributed by atoms with Crippen LogP contribution < -0.4 is 18.9 Å². The summed E-state index contributed by atoms with van der Waals surface area (Å²) < 4.78 is 44.7. The number of benzene rings is 3. The highest BCUT2D eigenvalue weighted by Gasteiger charge is 2.34. The Balaban J connectivity index is 1.13. The molecule has 0 aliphatic carbocycles. The minimum absolute atomic E-state index is 0.0457. The highest BCUT2D eigenvalue weighted by molar-refractivity contribution is 5.92. The number of carbonyl (C=O) groups is 2. The first-order valence-electron chi connectivity index (χ1n) is 15.3. The van der Waals surface area contributed by atoms with Gasteiger partial charge < -0.3 is 37.9 Å². The number of esters is 2. The molecular formula is C36H42O10. The molecule has 3 aromatic carbocycles. The fourth-order valence-corrected chi connectivity index (χ4v) is 5.04. The van der Waals surface area contributed by atoms with Gasteiger partial charge >= 0.3 is 11.9 Å². The predicted octanol–water partition coefficient (Wildman–Crippen LogP) is 6.14. The van der Waals surface area contributed by atoms with Crippen molar-refractivity contribution in [3.05, 3.63) is 81.9 Å². The van der Waals surface area contributed by atoms with Crippen molar-refractivity contribution in [3.8, 4) is 23.0 Å². The van der Waals surface area contributed by atoms with Gasteiger partial charge in [-0.05, 0) is 98.5 Å². The molecule has 46 heavy (non-hydrogen) atoms. The van der Waals surface area contributed by atoms with E-state index < -0.39 is 11.9 Å². The number of aryl methyl sites for hydroxylation is 2. The van der Waals surface area contributed by atoms with Gasteiger partial charge in [0.25, 0.3) is 0 Å². The van der Waals surface area contributed by atoms with Crippen LogP contribution in [0.4, 0.5) is 0 Å². The molecule has 246 valence electrons. The van der Waals surface area contributed by atoms with Crippen molar-refractivity contribution >= 4 is 11.9 Å². The molecule has 2 fully saturated rings. The van der Waals surface area contributed by atoms with Crippen molar-refractivity contribution in [1.82, 2.24) is 0 Å². The first-order chi connectivity index (χ1) is 22.0. The number of ether oxygens (including phenoxy) is 8. The maximum absolute atomic E-state index is 13.0. The SMILES string of the molecule is Cc1cc(C(=O)Oc2ccc(OC(=O)c3ccc(OCOCC4(C)COC4)c(C)c3)c(C)c2C)ccc1OCOCC1(C)COC1. The van der Waals surface area contributed by atoms with Crippen molar-refractivity contribution in [2.45, 2.75) is 41.5 Å².